The van der Waals surface area contributed by atoms with Gasteiger partial charge in [-0.05, 0) is 61.6 Å². The molecule has 2 rings (SSSR count). The minimum atomic E-state index is 0.0840. The van der Waals surface area contributed by atoms with Gasteiger partial charge in [-0.1, -0.05) is 45.4 Å². The van der Waals surface area contributed by atoms with Gasteiger partial charge in [0, 0.05) is 5.69 Å². The summed E-state index contributed by atoms with van der Waals surface area (Å²) in [6, 6.07) is 16.5. The van der Waals surface area contributed by atoms with Crippen molar-refractivity contribution in [2.45, 2.75) is 59.0 Å². The molecule has 142 valence electrons. The molecule has 0 fully saturated rings. The maximum absolute atomic E-state index is 6.19. The molecule has 26 heavy (non-hydrogen) atoms. The van der Waals surface area contributed by atoms with Gasteiger partial charge >= 0.3 is 0 Å². The summed E-state index contributed by atoms with van der Waals surface area (Å²) in [5.41, 5.74) is 2.37. The smallest absolute Gasteiger partial charge is 0.123 e. The predicted molar refractivity (Wildman–Crippen MR) is 111 cm³/mol. The van der Waals surface area contributed by atoms with Gasteiger partial charge in [0.15, 0.2) is 0 Å². The van der Waals surface area contributed by atoms with Crippen molar-refractivity contribution in [2.24, 2.45) is 0 Å². The highest BCUT2D eigenvalue weighted by atomic mass is 16.5. The average molecular weight is 356 g/mol. The number of hydrogen-bond acceptors (Lipinski definition) is 3. The van der Waals surface area contributed by atoms with E-state index in [1.54, 1.807) is 0 Å². The Balaban J connectivity index is 1.84. The van der Waals surface area contributed by atoms with Crippen molar-refractivity contribution in [3.05, 3.63) is 54.1 Å². The highest BCUT2D eigenvalue weighted by Crippen LogP contribution is 2.29. The van der Waals surface area contributed by atoms with Crippen molar-refractivity contribution in [1.29, 1.82) is 0 Å². The van der Waals surface area contributed by atoms with Crippen molar-refractivity contribution in [2.75, 3.05) is 18.5 Å². The van der Waals surface area contributed by atoms with Crippen molar-refractivity contribution in [3.8, 4) is 11.5 Å². The molecule has 3 heteroatoms. The molecule has 0 aliphatic heterocycles. The fraction of sp³-hybridized carbons (Fsp3) is 0.478. The van der Waals surface area contributed by atoms with Crippen LogP contribution < -0.4 is 14.8 Å². The zero-order valence-electron chi connectivity index (χ0n) is 16.6. The van der Waals surface area contributed by atoms with Gasteiger partial charge in [0.05, 0.1) is 13.2 Å². The van der Waals surface area contributed by atoms with Crippen molar-refractivity contribution in [3.63, 3.8) is 0 Å². The summed E-state index contributed by atoms with van der Waals surface area (Å²) in [6.45, 7) is 10.3. The summed E-state index contributed by atoms with van der Waals surface area (Å²) in [6.07, 6.45) is 3.44. The van der Waals surface area contributed by atoms with Crippen LogP contribution in [-0.4, -0.2) is 19.3 Å². The van der Waals surface area contributed by atoms with Crippen LogP contribution in [-0.2, 0) is 0 Å². The molecule has 2 unspecified atom stereocenters. The van der Waals surface area contributed by atoms with Gasteiger partial charge in [0.1, 0.15) is 17.6 Å². The van der Waals surface area contributed by atoms with Crippen LogP contribution in [0.4, 0.5) is 5.69 Å². The van der Waals surface area contributed by atoms with Crippen LogP contribution >= 0.6 is 0 Å². The SMILES string of the molecule is CCCCOc1ccc(NCC(C)Oc2ccccc2C(C)CC)cc1. The average Bonchev–Trinajstić information content (AvgIpc) is 2.67. The molecule has 0 saturated carbocycles. The lowest BCUT2D eigenvalue weighted by Gasteiger charge is -2.20. The van der Waals surface area contributed by atoms with Gasteiger partial charge in [-0.3, -0.25) is 0 Å². The number of ether oxygens (including phenoxy) is 2. The molecule has 0 aromatic heterocycles. The number of para-hydroxylation sites is 1. The molecule has 0 saturated heterocycles. The van der Waals surface area contributed by atoms with Gasteiger partial charge in [0.25, 0.3) is 0 Å². The molecule has 0 spiro atoms. The lowest BCUT2D eigenvalue weighted by molar-refractivity contribution is 0.231. The summed E-state index contributed by atoms with van der Waals surface area (Å²) in [7, 11) is 0. The topological polar surface area (TPSA) is 30.5 Å². The van der Waals surface area contributed by atoms with E-state index in [0.717, 1.165) is 49.6 Å². The first-order valence-electron chi connectivity index (χ1n) is 9.86. The second-order valence-electron chi connectivity index (χ2n) is 6.88. The van der Waals surface area contributed by atoms with Gasteiger partial charge in [-0.2, -0.15) is 0 Å². The normalized spacial score (nSPS) is 13.1. The standard InChI is InChI=1S/C23H33NO2/c1-5-7-16-25-21-14-12-20(13-15-21)24-17-19(4)26-23-11-9-8-10-22(23)18(3)6-2/h8-15,18-19,24H,5-7,16-17H2,1-4H3. The summed E-state index contributed by atoms with van der Waals surface area (Å²) >= 11 is 0. The molecular weight excluding hydrogens is 322 g/mol. The van der Waals surface area contributed by atoms with E-state index in [2.05, 4.69) is 63.3 Å². The predicted octanol–water partition coefficient (Wildman–Crippen LogP) is 6.26. The summed E-state index contributed by atoms with van der Waals surface area (Å²) in [5.74, 6) is 2.43. The van der Waals surface area contributed by atoms with E-state index in [0.29, 0.717) is 5.92 Å². The molecule has 3 nitrogen and oxygen atoms in total. The number of benzene rings is 2. The Labute approximate surface area is 158 Å². The molecule has 1 N–H and O–H groups in total. The van der Waals surface area contributed by atoms with E-state index in [4.69, 9.17) is 9.47 Å². The Morgan fingerprint density at radius 3 is 2.38 bits per heavy atom. The Bertz CT molecular complexity index is 639. The van der Waals surface area contributed by atoms with Crippen LogP contribution in [0.3, 0.4) is 0 Å². The van der Waals surface area contributed by atoms with Crippen molar-refractivity contribution < 1.29 is 9.47 Å². The van der Waals surface area contributed by atoms with Crippen molar-refractivity contribution in [1.82, 2.24) is 0 Å². The monoisotopic (exact) mass is 355 g/mol. The number of hydrogen-bond donors (Lipinski definition) is 1. The molecule has 0 bridgehead atoms. The van der Waals surface area contributed by atoms with Gasteiger partial charge < -0.3 is 14.8 Å². The van der Waals surface area contributed by atoms with E-state index in [9.17, 15) is 0 Å². The zero-order valence-corrected chi connectivity index (χ0v) is 16.6. The number of nitrogens with one attached hydrogen (secondary N) is 1. The maximum Gasteiger partial charge on any atom is 0.123 e. The number of rotatable bonds is 11. The highest BCUT2D eigenvalue weighted by Gasteiger charge is 2.12. The quantitative estimate of drug-likeness (QED) is 0.483. The van der Waals surface area contributed by atoms with Crippen molar-refractivity contribution >= 4 is 5.69 Å². The van der Waals surface area contributed by atoms with Crippen LogP contribution in [0.1, 0.15) is 58.4 Å². The third-order valence-electron chi connectivity index (χ3n) is 4.61. The molecule has 2 atom stereocenters. The molecule has 2 aromatic rings. The first-order chi connectivity index (χ1) is 12.6. The van der Waals surface area contributed by atoms with E-state index in [-0.39, 0.29) is 6.10 Å². The van der Waals surface area contributed by atoms with Crippen LogP contribution in [0.5, 0.6) is 11.5 Å². The van der Waals surface area contributed by atoms with E-state index in [1.165, 1.54) is 5.56 Å². The van der Waals surface area contributed by atoms with Crippen LogP contribution in [0.2, 0.25) is 0 Å². The molecule has 0 aliphatic rings. The van der Waals surface area contributed by atoms with E-state index < -0.39 is 0 Å². The first kappa shape index (κ1) is 20.2. The Kier molecular flexibility index (Phi) is 8.33. The third-order valence-corrected chi connectivity index (χ3v) is 4.61. The summed E-state index contributed by atoms with van der Waals surface area (Å²) in [4.78, 5) is 0. The Morgan fingerprint density at radius 2 is 1.69 bits per heavy atom. The van der Waals surface area contributed by atoms with Gasteiger partial charge in [-0.25, -0.2) is 0 Å². The lowest BCUT2D eigenvalue weighted by Crippen LogP contribution is -2.23. The molecule has 2 aromatic carbocycles. The minimum Gasteiger partial charge on any atom is -0.494 e. The van der Waals surface area contributed by atoms with E-state index >= 15 is 0 Å². The summed E-state index contributed by atoms with van der Waals surface area (Å²) in [5, 5.41) is 3.44. The second-order valence-corrected chi connectivity index (χ2v) is 6.88. The molecule has 0 radical (unpaired) electrons. The molecular formula is C23H33NO2. The molecule has 0 amide bonds. The van der Waals surface area contributed by atoms with Gasteiger partial charge in [0.2, 0.25) is 0 Å². The summed E-state index contributed by atoms with van der Waals surface area (Å²) < 4.78 is 11.9. The number of unbranched alkanes of at least 4 members (excludes halogenated alkanes) is 1. The first-order valence-corrected chi connectivity index (χ1v) is 9.86. The van der Waals surface area contributed by atoms with Crippen LogP contribution in [0.15, 0.2) is 48.5 Å². The number of anilines is 1. The highest BCUT2D eigenvalue weighted by molar-refractivity contribution is 5.46. The zero-order chi connectivity index (χ0) is 18.8. The van der Waals surface area contributed by atoms with Crippen LogP contribution in [0.25, 0.3) is 0 Å². The molecule has 0 aliphatic carbocycles. The molecule has 0 heterocycles. The largest absolute Gasteiger partial charge is 0.494 e. The van der Waals surface area contributed by atoms with Crippen LogP contribution in [0, 0.1) is 0 Å². The van der Waals surface area contributed by atoms with Gasteiger partial charge in [-0.15, -0.1) is 0 Å². The minimum absolute atomic E-state index is 0.0840. The van der Waals surface area contributed by atoms with E-state index in [1.807, 2.05) is 18.2 Å². The fourth-order valence-electron chi connectivity index (χ4n) is 2.74. The lowest BCUT2D eigenvalue weighted by atomic mass is 9.98. The maximum atomic E-state index is 6.19. The fourth-order valence-corrected chi connectivity index (χ4v) is 2.74. The Hall–Kier alpha value is -2.16. The third kappa shape index (κ3) is 6.29. The Morgan fingerprint density at radius 1 is 0.962 bits per heavy atom. The second kappa shape index (κ2) is 10.7.